The molecule has 0 spiro atoms. The third-order valence-corrected chi connectivity index (χ3v) is 3.75. The molecule has 0 fully saturated rings. The number of para-hydroxylation sites is 1. The molecule has 0 radical (unpaired) electrons. The number of aryl methyl sites for hydroxylation is 1. The number of amides is 2. The van der Waals surface area contributed by atoms with Crippen LogP contribution in [-0.2, 0) is 16.6 Å². The molecule has 2 rings (SSSR count). The zero-order chi connectivity index (χ0) is 16.3. The molecule has 2 aromatic rings. The lowest BCUT2D eigenvalue weighted by atomic mass is 10.0. The van der Waals surface area contributed by atoms with Gasteiger partial charge in [0.05, 0.1) is 5.52 Å². The van der Waals surface area contributed by atoms with Crippen molar-refractivity contribution >= 4 is 29.0 Å². The molecule has 1 heterocycles. The number of imide groups is 1. The SMILES string of the molecule is CC(C)c1cccc2c(N(C)CCC(=O)NC=O)nn(C)c12. The minimum Gasteiger partial charge on any atom is -0.357 e. The number of fused-ring (bicyclic) bond motifs is 1. The largest absolute Gasteiger partial charge is 0.357 e. The summed E-state index contributed by atoms with van der Waals surface area (Å²) in [5, 5.41) is 7.82. The van der Waals surface area contributed by atoms with Gasteiger partial charge in [0.1, 0.15) is 0 Å². The second-order valence-electron chi connectivity index (χ2n) is 5.70. The van der Waals surface area contributed by atoms with Crippen LogP contribution in [0.3, 0.4) is 0 Å². The summed E-state index contributed by atoms with van der Waals surface area (Å²) in [6.45, 7) is 4.82. The van der Waals surface area contributed by atoms with E-state index in [0.29, 0.717) is 18.9 Å². The van der Waals surface area contributed by atoms with Gasteiger partial charge in [-0.15, -0.1) is 0 Å². The maximum absolute atomic E-state index is 11.4. The lowest BCUT2D eigenvalue weighted by molar-refractivity contribution is -0.125. The fourth-order valence-corrected chi connectivity index (χ4v) is 2.61. The van der Waals surface area contributed by atoms with Gasteiger partial charge in [0.15, 0.2) is 5.82 Å². The first-order chi connectivity index (χ1) is 10.5. The van der Waals surface area contributed by atoms with E-state index in [9.17, 15) is 9.59 Å². The average molecular weight is 302 g/mol. The van der Waals surface area contributed by atoms with Gasteiger partial charge >= 0.3 is 0 Å². The second kappa shape index (κ2) is 6.60. The molecule has 0 aliphatic heterocycles. The van der Waals surface area contributed by atoms with Crippen LogP contribution in [0, 0.1) is 0 Å². The molecule has 0 aliphatic rings. The Morgan fingerprint density at radius 3 is 2.82 bits per heavy atom. The van der Waals surface area contributed by atoms with Crippen LogP contribution < -0.4 is 10.2 Å². The predicted molar refractivity (Wildman–Crippen MR) is 86.9 cm³/mol. The zero-order valence-electron chi connectivity index (χ0n) is 13.5. The van der Waals surface area contributed by atoms with Crippen LogP contribution in [0.25, 0.3) is 10.9 Å². The molecular formula is C16H22N4O2. The van der Waals surface area contributed by atoms with E-state index < -0.39 is 0 Å². The lowest BCUT2D eigenvalue weighted by Gasteiger charge is -2.16. The molecule has 0 saturated carbocycles. The van der Waals surface area contributed by atoms with E-state index in [-0.39, 0.29) is 12.3 Å². The number of carbonyl (C=O) groups is 2. The van der Waals surface area contributed by atoms with Crippen LogP contribution >= 0.6 is 0 Å². The number of anilines is 1. The monoisotopic (exact) mass is 302 g/mol. The van der Waals surface area contributed by atoms with E-state index in [1.165, 1.54) is 5.56 Å². The molecule has 0 saturated heterocycles. The van der Waals surface area contributed by atoms with E-state index in [1.54, 1.807) is 0 Å². The highest BCUT2D eigenvalue weighted by Crippen LogP contribution is 2.31. The summed E-state index contributed by atoms with van der Waals surface area (Å²) in [5.41, 5.74) is 2.38. The molecule has 6 nitrogen and oxygen atoms in total. The number of hydrogen-bond donors (Lipinski definition) is 1. The number of hydrogen-bond acceptors (Lipinski definition) is 4. The molecule has 1 aromatic heterocycles. The molecule has 0 unspecified atom stereocenters. The lowest BCUT2D eigenvalue weighted by Crippen LogP contribution is -2.28. The predicted octanol–water partition coefficient (Wildman–Crippen LogP) is 1.80. The van der Waals surface area contributed by atoms with Crippen molar-refractivity contribution in [3.63, 3.8) is 0 Å². The molecule has 22 heavy (non-hydrogen) atoms. The van der Waals surface area contributed by atoms with Crippen LogP contribution in [0.15, 0.2) is 18.2 Å². The van der Waals surface area contributed by atoms with Crippen LogP contribution in [-0.4, -0.2) is 35.7 Å². The number of benzene rings is 1. The van der Waals surface area contributed by atoms with Crippen LogP contribution in [0.5, 0.6) is 0 Å². The smallest absolute Gasteiger partial charge is 0.228 e. The summed E-state index contributed by atoms with van der Waals surface area (Å²) < 4.78 is 1.89. The van der Waals surface area contributed by atoms with E-state index in [0.717, 1.165) is 16.7 Å². The summed E-state index contributed by atoms with van der Waals surface area (Å²) in [7, 11) is 3.84. The summed E-state index contributed by atoms with van der Waals surface area (Å²) in [4.78, 5) is 23.6. The van der Waals surface area contributed by atoms with Gasteiger partial charge in [-0.3, -0.25) is 19.6 Å². The molecule has 1 aromatic carbocycles. The van der Waals surface area contributed by atoms with Crippen molar-refractivity contribution in [1.82, 2.24) is 15.1 Å². The second-order valence-corrected chi connectivity index (χ2v) is 5.70. The van der Waals surface area contributed by atoms with E-state index in [2.05, 4.69) is 30.3 Å². The Kier molecular flexibility index (Phi) is 4.80. The molecule has 0 atom stereocenters. The highest BCUT2D eigenvalue weighted by atomic mass is 16.2. The first-order valence-corrected chi connectivity index (χ1v) is 7.35. The van der Waals surface area contributed by atoms with Crippen molar-refractivity contribution in [1.29, 1.82) is 0 Å². The van der Waals surface area contributed by atoms with Gasteiger partial charge in [-0.05, 0) is 17.5 Å². The molecule has 0 bridgehead atoms. The van der Waals surface area contributed by atoms with Gasteiger partial charge in [-0.25, -0.2) is 0 Å². The maximum atomic E-state index is 11.4. The molecule has 1 N–H and O–H groups in total. The first kappa shape index (κ1) is 16.0. The summed E-state index contributed by atoms with van der Waals surface area (Å²) >= 11 is 0. The van der Waals surface area contributed by atoms with Crippen LogP contribution in [0.2, 0.25) is 0 Å². The highest BCUT2D eigenvalue weighted by Gasteiger charge is 2.17. The van der Waals surface area contributed by atoms with Crippen molar-refractivity contribution in [2.45, 2.75) is 26.2 Å². The molecule has 118 valence electrons. The van der Waals surface area contributed by atoms with Crippen molar-refractivity contribution in [2.24, 2.45) is 7.05 Å². The molecule has 6 heteroatoms. The van der Waals surface area contributed by atoms with Crippen molar-refractivity contribution in [2.75, 3.05) is 18.5 Å². The summed E-state index contributed by atoms with van der Waals surface area (Å²) in [6, 6.07) is 6.21. The van der Waals surface area contributed by atoms with Gasteiger partial charge in [-0.1, -0.05) is 26.0 Å². The zero-order valence-corrected chi connectivity index (χ0v) is 13.5. The van der Waals surface area contributed by atoms with Crippen molar-refractivity contribution in [3.8, 4) is 0 Å². The Balaban J connectivity index is 2.30. The van der Waals surface area contributed by atoms with Gasteiger partial charge in [-0.2, -0.15) is 5.10 Å². The summed E-state index contributed by atoms with van der Waals surface area (Å²) in [5.74, 6) is 0.972. The van der Waals surface area contributed by atoms with E-state index in [1.807, 2.05) is 35.8 Å². The number of nitrogens with one attached hydrogen (secondary N) is 1. The third kappa shape index (κ3) is 3.10. The minimum atomic E-state index is -0.287. The Labute approximate surface area is 130 Å². The van der Waals surface area contributed by atoms with Crippen molar-refractivity contribution in [3.05, 3.63) is 23.8 Å². The number of carbonyl (C=O) groups excluding carboxylic acids is 2. The topological polar surface area (TPSA) is 67.2 Å². The van der Waals surface area contributed by atoms with Gasteiger partial charge in [0.2, 0.25) is 12.3 Å². The van der Waals surface area contributed by atoms with Crippen molar-refractivity contribution < 1.29 is 9.59 Å². The maximum Gasteiger partial charge on any atom is 0.228 e. The quantitative estimate of drug-likeness (QED) is 0.826. The van der Waals surface area contributed by atoms with Gasteiger partial charge < -0.3 is 4.90 Å². The van der Waals surface area contributed by atoms with Crippen LogP contribution in [0.4, 0.5) is 5.82 Å². The van der Waals surface area contributed by atoms with E-state index >= 15 is 0 Å². The normalized spacial score (nSPS) is 11.0. The number of rotatable bonds is 6. The van der Waals surface area contributed by atoms with Gasteiger partial charge in [0, 0.05) is 32.4 Å². The Morgan fingerprint density at radius 2 is 2.18 bits per heavy atom. The molecule has 0 aliphatic carbocycles. The minimum absolute atomic E-state index is 0.247. The average Bonchev–Trinajstić information content (AvgIpc) is 2.82. The fraction of sp³-hybridized carbons (Fsp3) is 0.438. The standard InChI is InChI=1S/C16H22N4O2/c1-11(2)12-6-5-7-13-15(12)20(4)18-16(13)19(3)9-8-14(22)17-10-21/h5-7,10-11H,8-9H2,1-4H3,(H,17,21,22). The first-order valence-electron chi connectivity index (χ1n) is 7.35. The Bertz CT molecular complexity index is 691. The number of aromatic nitrogens is 2. The Hall–Kier alpha value is -2.37. The van der Waals surface area contributed by atoms with Crippen LogP contribution in [0.1, 0.15) is 31.7 Å². The highest BCUT2D eigenvalue weighted by molar-refractivity contribution is 5.93. The third-order valence-electron chi connectivity index (χ3n) is 3.75. The number of nitrogens with zero attached hydrogens (tertiary/aromatic N) is 3. The van der Waals surface area contributed by atoms with E-state index in [4.69, 9.17) is 0 Å². The van der Waals surface area contributed by atoms with Gasteiger partial charge in [0.25, 0.3) is 0 Å². The molecule has 2 amide bonds. The fourth-order valence-electron chi connectivity index (χ4n) is 2.61. The summed E-state index contributed by atoms with van der Waals surface area (Å²) in [6.07, 6.45) is 0.657. The Morgan fingerprint density at radius 1 is 1.45 bits per heavy atom. The molecular weight excluding hydrogens is 280 g/mol.